The van der Waals surface area contributed by atoms with Crippen LogP contribution in [0.3, 0.4) is 0 Å². The molecule has 14 heavy (non-hydrogen) atoms. The summed E-state index contributed by atoms with van der Waals surface area (Å²) in [5.41, 5.74) is 1.67. The summed E-state index contributed by atoms with van der Waals surface area (Å²) in [4.78, 5) is 0. The second-order valence-electron chi connectivity index (χ2n) is 3.76. The summed E-state index contributed by atoms with van der Waals surface area (Å²) in [6.07, 6.45) is 4.18. The molecule has 1 aromatic carbocycles. The molecule has 3 rings (SSSR count). The highest BCUT2D eigenvalue weighted by Gasteiger charge is 2.27. The van der Waals surface area contributed by atoms with Crippen molar-refractivity contribution in [2.24, 2.45) is 7.05 Å². The maximum Gasteiger partial charge on any atom is 0.151 e. The zero-order valence-corrected chi connectivity index (χ0v) is 7.92. The van der Waals surface area contributed by atoms with E-state index < -0.39 is 0 Å². The topological polar surface area (TPSA) is 17.8 Å². The molecule has 0 aliphatic heterocycles. The quantitative estimate of drug-likeness (QED) is 0.673. The highest BCUT2D eigenvalue weighted by atomic mass is 19.1. The Hall–Kier alpha value is -1.38. The molecule has 0 unspecified atom stereocenters. The molecule has 0 saturated heterocycles. The Morgan fingerprint density at radius 3 is 2.86 bits per heavy atom. The molecule has 2 nitrogen and oxygen atoms in total. The van der Waals surface area contributed by atoms with E-state index in [2.05, 4.69) is 5.10 Å². The molecule has 0 N–H and O–H groups in total. The second-order valence-corrected chi connectivity index (χ2v) is 3.76. The van der Waals surface area contributed by atoms with Gasteiger partial charge in [0.15, 0.2) is 5.82 Å². The lowest BCUT2D eigenvalue weighted by Gasteiger charge is -1.98. The van der Waals surface area contributed by atoms with E-state index in [1.807, 2.05) is 19.3 Å². The molecular weight excluding hydrogens is 179 g/mol. The number of aromatic nitrogens is 2. The van der Waals surface area contributed by atoms with Crippen LogP contribution in [-0.2, 0) is 7.05 Å². The van der Waals surface area contributed by atoms with Crippen LogP contribution in [0.1, 0.15) is 18.4 Å². The molecule has 0 atom stereocenters. The number of benzene rings is 1. The molecule has 0 amide bonds. The number of rotatable bonds is 1. The molecule has 71 valence electrons. The van der Waals surface area contributed by atoms with Crippen molar-refractivity contribution in [2.45, 2.75) is 12.8 Å². The molecular formula is C11H10FN2. The van der Waals surface area contributed by atoms with Gasteiger partial charge in [0, 0.05) is 24.5 Å². The van der Waals surface area contributed by atoms with Gasteiger partial charge < -0.3 is 0 Å². The van der Waals surface area contributed by atoms with Crippen LogP contribution in [-0.4, -0.2) is 9.78 Å². The normalized spacial score (nSPS) is 16.4. The second kappa shape index (κ2) is 2.56. The molecule has 1 radical (unpaired) electrons. The largest absolute Gasteiger partial charge is 0.274 e. The van der Waals surface area contributed by atoms with Crippen molar-refractivity contribution in [3.63, 3.8) is 0 Å². The van der Waals surface area contributed by atoms with E-state index in [-0.39, 0.29) is 5.82 Å². The monoisotopic (exact) mass is 189 g/mol. The Balaban J connectivity index is 2.34. The van der Waals surface area contributed by atoms with E-state index in [4.69, 9.17) is 0 Å². The third-order valence-corrected chi connectivity index (χ3v) is 2.62. The molecule has 3 heteroatoms. The van der Waals surface area contributed by atoms with Gasteiger partial charge >= 0.3 is 0 Å². The van der Waals surface area contributed by atoms with Gasteiger partial charge in [0.25, 0.3) is 0 Å². The fraction of sp³-hybridized carbons (Fsp3) is 0.273. The van der Waals surface area contributed by atoms with E-state index in [0.29, 0.717) is 5.52 Å². The number of nitrogens with zero attached hydrogens (tertiary/aromatic N) is 2. The van der Waals surface area contributed by atoms with E-state index in [1.54, 1.807) is 4.68 Å². The maximum atomic E-state index is 13.4. The first-order valence-electron chi connectivity index (χ1n) is 4.72. The van der Waals surface area contributed by atoms with Crippen molar-refractivity contribution in [3.8, 4) is 0 Å². The van der Waals surface area contributed by atoms with Gasteiger partial charge in [-0.1, -0.05) is 6.07 Å². The van der Waals surface area contributed by atoms with Crippen LogP contribution in [0.5, 0.6) is 0 Å². The molecule has 2 aromatic rings. The van der Waals surface area contributed by atoms with Crippen molar-refractivity contribution >= 4 is 10.9 Å². The predicted molar refractivity (Wildman–Crippen MR) is 52.3 cm³/mol. The molecule has 0 spiro atoms. The molecule has 1 heterocycles. The maximum absolute atomic E-state index is 13.4. The minimum atomic E-state index is -0.231. The Labute approximate surface area is 81.3 Å². The first-order chi connectivity index (χ1) is 6.75. The van der Waals surface area contributed by atoms with E-state index in [0.717, 1.165) is 18.2 Å². The number of hydrogen-bond acceptors (Lipinski definition) is 1. The van der Waals surface area contributed by atoms with E-state index in [1.165, 1.54) is 17.5 Å². The highest BCUT2D eigenvalue weighted by molar-refractivity contribution is 5.85. The lowest BCUT2D eigenvalue weighted by Crippen LogP contribution is -1.86. The number of fused-ring (bicyclic) bond motifs is 1. The summed E-state index contributed by atoms with van der Waals surface area (Å²) in [6.45, 7) is 0. The third-order valence-electron chi connectivity index (χ3n) is 2.62. The van der Waals surface area contributed by atoms with Gasteiger partial charge in [0.05, 0.1) is 0 Å². The third kappa shape index (κ3) is 1.05. The summed E-state index contributed by atoms with van der Waals surface area (Å²) in [7, 11) is 1.82. The lowest BCUT2D eigenvalue weighted by molar-refractivity contribution is 0.632. The Bertz CT molecular complexity index is 497. The summed E-state index contributed by atoms with van der Waals surface area (Å²) < 4.78 is 15.0. The number of hydrogen-bond donors (Lipinski definition) is 0. The van der Waals surface area contributed by atoms with E-state index in [9.17, 15) is 4.39 Å². The van der Waals surface area contributed by atoms with Crippen LogP contribution in [0.25, 0.3) is 10.9 Å². The molecule has 1 fully saturated rings. The molecule has 1 saturated carbocycles. The van der Waals surface area contributed by atoms with Crippen molar-refractivity contribution in [1.29, 1.82) is 0 Å². The van der Waals surface area contributed by atoms with Crippen molar-refractivity contribution in [1.82, 2.24) is 9.78 Å². The highest BCUT2D eigenvalue weighted by Crippen LogP contribution is 2.42. The number of aryl methyl sites for hydroxylation is 1. The fourth-order valence-electron chi connectivity index (χ4n) is 1.83. The van der Waals surface area contributed by atoms with Gasteiger partial charge in [0.2, 0.25) is 0 Å². The van der Waals surface area contributed by atoms with Crippen LogP contribution < -0.4 is 0 Å². The zero-order chi connectivity index (χ0) is 9.71. The first-order valence-corrected chi connectivity index (χ1v) is 4.72. The van der Waals surface area contributed by atoms with Crippen molar-refractivity contribution in [2.75, 3.05) is 0 Å². The van der Waals surface area contributed by atoms with Crippen LogP contribution in [0.4, 0.5) is 4.39 Å². The fourth-order valence-corrected chi connectivity index (χ4v) is 1.83. The first kappa shape index (κ1) is 7.97. The number of halogens is 1. The Kier molecular flexibility index (Phi) is 1.46. The van der Waals surface area contributed by atoms with Crippen LogP contribution in [0.15, 0.2) is 18.3 Å². The van der Waals surface area contributed by atoms with Gasteiger partial charge in [-0.3, -0.25) is 4.68 Å². The minimum Gasteiger partial charge on any atom is -0.274 e. The Morgan fingerprint density at radius 2 is 2.14 bits per heavy atom. The SMILES string of the molecule is Cn1cc2c([C]3CC3)ccc(F)c2n1. The van der Waals surface area contributed by atoms with Gasteiger partial charge in [0.1, 0.15) is 5.52 Å². The van der Waals surface area contributed by atoms with Crippen molar-refractivity contribution in [3.05, 3.63) is 35.6 Å². The molecule has 1 aromatic heterocycles. The average Bonchev–Trinajstić information content (AvgIpc) is 2.89. The predicted octanol–water partition coefficient (Wildman–Crippen LogP) is 2.43. The van der Waals surface area contributed by atoms with Crippen LogP contribution >= 0.6 is 0 Å². The average molecular weight is 189 g/mol. The summed E-state index contributed by atoms with van der Waals surface area (Å²) in [6, 6.07) is 3.37. The smallest absolute Gasteiger partial charge is 0.151 e. The van der Waals surface area contributed by atoms with Gasteiger partial charge in [-0.15, -0.1) is 0 Å². The van der Waals surface area contributed by atoms with Gasteiger partial charge in [-0.2, -0.15) is 5.10 Å². The van der Waals surface area contributed by atoms with Crippen LogP contribution in [0.2, 0.25) is 0 Å². The molecule has 0 bridgehead atoms. The summed E-state index contributed by atoms with van der Waals surface area (Å²) >= 11 is 0. The van der Waals surface area contributed by atoms with E-state index >= 15 is 0 Å². The molecule has 1 aliphatic rings. The van der Waals surface area contributed by atoms with Crippen LogP contribution in [0, 0.1) is 11.7 Å². The minimum absolute atomic E-state index is 0.231. The summed E-state index contributed by atoms with van der Waals surface area (Å²) in [5.74, 6) is 1.19. The van der Waals surface area contributed by atoms with Gasteiger partial charge in [-0.05, 0) is 24.5 Å². The van der Waals surface area contributed by atoms with Gasteiger partial charge in [-0.25, -0.2) is 4.39 Å². The zero-order valence-electron chi connectivity index (χ0n) is 7.92. The standard InChI is InChI=1S/C11H10FN2/c1-14-6-9-8(7-2-3-7)4-5-10(12)11(9)13-14/h4-6H,2-3H2,1H3. The lowest BCUT2D eigenvalue weighted by atomic mass is 10.1. The van der Waals surface area contributed by atoms with Crippen molar-refractivity contribution < 1.29 is 4.39 Å². The Morgan fingerprint density at radius 1 is 1.36 bits per heavy atom. The summed E-state index contributed by atoms with van der Waals surface area (Å²) in [5, 5.41) is 5.06. The molecule has 1 aliphatic carbocycles.